The van der Waals surface area contributed by atoms with Crippen LogP contribution in [-0.2, 0) is 27.2 Å². The molecule has 2 aromatic rings. The second kappa shape index (κ2) is 12.8. The average molecular weight is 611 g/mol. The van der Waals surface area contributed by atoms with Crippen LogP contribution < -0.4 is 0 Å². The van der Waals surface area contributed by atoms with Crippen molar-refractivity contribution in [3.8, 4) is 0 Å². The molecular weight excluding hydrogens is 572 g/mol. The molecule has 4 rings (SSSR count). The molecule has 0 aliphatic carbocycles. The highest BCUT2D eigenvalue weighted by atomic mass is 16.6. The SMILES string of the molecule is CN1N=C(Cc2ccccc2)C(C)(N(O)C(=O)O)C1=O.CN1N=C(Cc2ccccc2)C(C)(N(O)C(=O)OC(C)(C)C)C1=O. The minimum Gasteiger partial charge on any atom is -0.463 e. The number of nitrogens with zero attached hydrogens (tertiary/aromatic N) is 6. The average Bonchev–Trinajstić information content (AvgIpc) is 3.32. The number of hydrogen-bond acceptors (Lipinski definition) is 9. The Bertz CT molecular complexity index is 1460. The van der Waals surface area contributed by atoms with Crippen LogP contribution in [0.5, 0.6) is 0 Å². The molecule has 0 aromatic heterocycles. The van der Waals surface area contributed by atoms with E-state index in [0.29, 0.717) is 17.2 Å². The van der Waals surface area contributed by atoms with Crippen molar-refractivity contribution in [2.45, 2.75) is 64.1 Å². The van der Waals surface area contributed by atoms with Gasteiger partial charge in [-0.1, -0.05) is 60.7 Å². The van der Waals surface area contributed by atoms with E-state index in [9.17, 15) is 29.6 Å². The van der Waals surface area contributed by atoms with E-state index in [2.05, 4.69) is 10.2 Å². The molecule has 2 heterocycles. The Morgan fingerprint density at radius 3 is 1.48 bits per heavy atom. The first-order chi connectivity index (χ1) is 20.4. The molecule has 2 atom stereocenters. The van der Waals surface area contributed by atoms with E-state index in [1.807, 2.05) is 60.7 Å². The fourth-order valence-corrected chi connectivity index (χ4v) is 4.62. The van der Waals surface area contributed by atoms with Crippen LogP contribution in [0.2, 0.25) is 0 Å². The largest absolute Gasteiger partial charge is 0.463 e. The number of hydroxylamine groups is 4. The Balaban J connectivity index is 0.000000244. The van der Waals surface area contributed by atoms with Gasteiger partial charge in [-0.05, 0) is 45.7 Å². The highest BCUT2D eigenvalue weighted by Crippen LogP contribution is 2.29. The summed E-state index contributed by atoms with van der Waals surface area (Å²) >= 11 is 0. The first kappa shape index (κ1) is 33.7. The molecule has 0 saturated heterocycles. The predicted octanol–water partition coefficient (Wildman–Crippen LogP) is 3.63. The first-order valence-corrected chi connectivity index (χ1v) is 13.7. The highest BCUT2D eigenvalue weighted by Gasteiger charge is 2.54. The number of likely N-dealkylation sites (N-methyl/N-ethyl adjacent to an activating group) is 2. The van der Waals surface area contributed by atoms with Crippen molar-refractivity contribution < 1.29 is 39.4 Å². The van der Waals surface area contributed by atoms with E-state index in [1.54, 1.807) is 20.8 Å². The zero-order valence-electron chi connectivity index (χ0n) is 25.8. The number of carboxylic acid groups (broad SMARTS) is 1. The summed E-state index contributed by atoms with van der Waals surface area (Å²) in [6, 6.07) is 18.6. The number of ether oxygens (including phenoxy) is 1. The molecule has 14 heteroatoms. The van der Waals surface area contributed by atoms with Crippen LogP contribution in [0.25, 0.3) is 0 Å². The quantitative estimate of drug-likeness (QED) is 0.328. The van der Waals surface area contributed by atoms with Crippen LogP contribution in [0, 0.1) is 0 Å². The third kappa shape index (κ3) is 6.87. The molecule has 2 unspecified atom stereocenters. The van der Waals surface area contributed by atoms with Crippen LogP contribution in [0.4, 0.5) is 9.59 Å². The molecule has 14 nitrogen and oxygen atoms in total. The van der Waals surface area contributed by atoms with Gasteiger partial charge < -0.3 is 9.84 Å². The Morgan fingerprint density at radius 2 is 1.14 bits per heavy atom. The summed E-state index contributed by atoms with van der Waals surface area (Å²) in [6.45, 7) is 7.85. The topological polar surface area (TPSA) is 176 Å². The van der Waals surface area contributed by atoms with Gasteiger partial charge in [-0.15, -0.1) is 0 Å². The van der Waals surface area contributed by atoms with Crippen LogP contribution in [-0.4, -0.2) is 102 Å². The van der Waals surface area contributed by atoms with Gasteiger partial charge in [-0.2, -0.15) is 20.3 Å². The summed E-state index contributed by atoms with van der Waals surface area (Å²) < 4.78 is 5.17. The summed E-state index contributed by atoms with van der Waals surface area (Å²) in [5.74, 6) is -1.09. The van der Waals surface area contributed by atoms with Crippen LogP contribution in [0.3, 0.4) is 0 Å². The van der Waals surface area contributed by atoms with Crippen LogP contribution in [0.1, 0.15) is 45.7 Å². The third-order valence-electron chi connectivity index (χ3n) is 7.11. The number of carbonyl (C=O) groups excluding carboxylic acids is 3. The van der Waals surface area contributed by atoms with Crippen molar-refractivity contribution in [2.24, 2.45) is 10.2 Å². The highest BCUT2D eigenvalue weighted by molar-refractivity contribution is 6.18. The van der Waals surface area contributed by atoms with Crippen molar-refractivity contribution in [1.82, 2.24) is 20.1 Å². The number of hydrazone groups is 2. The van der Waals surface area contributed by atoms with Gasteiger partial charge in [0.05, 0.1) is 11.4 Å². The Hall–Kier alpha value is -4.82. The van der Waals surface area contributed by atoms with Gasteiger partial charge >= 0.3 is 12.2 Å². The Kier molecular flexibility index (Phi) is 9.81. The number of carbonyl (C=O) groups is 4. The van der Waals surface area contributed by atoms with E-state index in [-0.39, 0.29) is 17.2 Å². The molecule has 236 valence electrons. The van der Waals surface area contributed by atoms with Gasteiger partial charge in [-0.3, -0.25) is 20.0 Å². The molecule has 3 N–H and O–H groups in total. The fourth-order valence-electron chi connectivity index (χ4n) is 4.62. The number of benzene rings is 2. The van der Waals surface area contributed by atoms with E-state index >= 15 is 0 Å². The molecule has 2 aliphatic rings. The van der Waals surface area contributed by atoms with Gasteiger partial charge in [0.25, 0.3) is 11.8 Å². The molecular formula is C30H38N6O8. The molecule has 44 heavy (non-hydrogen) atoms. The van der Waals surface area contributed by atoms with Gasteiger partial charge in [-0.25, -0.2) is 19.6 Å². The zero-order chi connectivity index (χ0) is 33.0. The van der Waals surface area contributed by atoms with Crippen molar-refractivity contribution in [2.75, 3.05) is 14.1 Å². The van der Waals surface area contributed by atoms with E-state index < -0.39 is 40.7 Å². The smallest absolute Gasteiger partial charge is 0.435 e. The summed E-state index contributed by atoms with van der Waals surface area (Å²) in [7, 11) is 2.91. The lowest BCUT2D eigenvalue weighted by Gasteiger charge is -2.33. The molecule has 0 spiro atoms. The minimum absolute atomic E-state index is 0.0145. The predicted molar refractivity (Wildman–Crippen MR) is 159 cm³/mol. The molecule has 2 aliphatic heterocycles. The van der Waals surface area contributed by atoms with Crippen molar-refractivity contribution in [3.05, 3.63) is 71.8 Å². The molecule has 0 bridgehead atoms. The van der Waals surface area contributed by atoms with Gasteiger partial charge in [0.1, 0.15) is 5.60 Å². The lowest BCUT2D eigenvalue weighted by molar-refractivity contribution is -0.162. The molecule has 0 radical (unpaired) electrons. The Labute approximate surface area is 255 Å². The van der Waals surface area contributed by atoms with Gasteiger partial charge in [0.2, 0.25) is 0 Å². The molecule has 0 fully saturated rings. The number of amides is 4. The van der Waals surface area contributed by atoms with E-state index in [0.717, 1.165) is 21.1 Å². The van der Waals surface area contributed by atoms with Crippen molar-refractivity contribution in [1.29, 1.82) is 0 Å². The minimum atomic E-state index is -1.70. The molecule has 4 amide bonds. The standard InChI is InChI=1S/C17H23N3O4.C13H15N3O4/c1-16(2,3)24-15(22)20(23)17(4)13(18-19(5)14(17)21)11-12-9-7-6-8-10-12;1-13(16(20)12(18)19)10(14-15(2)11(13)17)8-9-6-4-3-5-7-9/h6-10,23H,11H2,1-5H3;3-7,20H,8H2,1-2H3,(H,18,19). The maximum Gasteiger partial charge on any atom is 0.435 e. The van der Waals surface area contributed by atoms with Crippen molar-refractivity contribution in [3.63, 3.8) is 0 Å². The fraction of sp³-hybridized carbons (Fsp3) is 0.400. The van der Waals surface area contributed by atoms with Gasteiger partial charge in [0, 0.05) is 26.9 Å². The number of hydrogen-bond donors (Lipinski definition) is 3. The third-order valence-corrected chi connectivity index (χ3v) is 7.11. The Morgan fingerprint density at radius 1 is 0.773 bits per heavy atom. The molecule has 2 aromatic carbocycles. The summed E-state index contributed by atoms with van der Waals surface area (Å²) in [4.78, 5) is 47.9. The second-order valence-electron chi connectivity index (χ2n) is 11.6. The van der Waals surface area contributed by atoms with Crippen LogP contribution >= 0.6 is 0 Å². The lowest BCUT2D eigenvalue weighted by Crippen LogP contribution is -2.59. The van der Waals surface area contributed by atoms with E-state index in [4.69, 9.17) is 9.84 Å². The first-order valence-electron chi connectivity index (χ1n) is 13.7. The van der Waals surface area contributed by atoms with Crippen LogP contribution in [0.15, 0.2) is 70.9 Å². The summed E-state index contributed by atoms with van der Waals surface area (Å²) in [5.41, 5.74) is -1.65. The second-order valence-corrected chi connectivity index (χ2v) is 11.6. The van der Waals surface area contributed by atoms with Gasteiger partial charge in [0.15, 0.2) is 11.1 Å². The summed E-state index contributed by atoms with van der Waals surface area (Å²) in [5, 5.41) is 39.9. The zero-order valence-corrected chi connectivity index (χ0v) is 25.8. The lowest BCUT2D eigenvalue weighted by atomic mass is 9.90. The maximum atomic E-state index is 12.5. The van der Waals surface area contributed by atoms with Crippen molar-refractivity contribution >= 4 is 35.4 Å². The van der Waals surface area contributed by atoms with E-state index in [1.165, 1.54) is 27.9 Å². The normalized spacial score (nSPS) is 21.3. The summed E-state index contributed by atoms with van der Waals surface area (Å²) in [6.07, 6.45) is -1.99. The molecule has 0 saturated carbocycles. The number of rotatable bonds is 6. The monoisotopic (exact) mass is 610 g/mol. The maximum absolute atomic E-state index is 12.5.